The van der Waals surface area contributed by atoms with Gasteiger partial charge in [0.25, 0.3) is 0 Å². The van der Waals surface area contributed by atoms with Gasteiger partial charge in [0.1, 0.15) is 6.04 Å². The maximum atomic E-state index is 13.4. The van der Waals surface area contributed by atoms with Crippen LogP contribution in [-0.4, -0.2) is 49.4 Å². The Kier molecular flexibility index (Phi) is 7.03. The average Bonchev–Trinajstić information content (AvgIpc) is 2.81. The van der Waals surface area contributed by atoms with Gasteiger partial charge in [-0.25, -0.2) is 0 Å². The van der Waals surface area contributed by atoms with Gasteiger partial charge >= 0.3 is 6.18 Å². The molecular formula is C23H23F3N4O2. The van der Waals surface area contributed by atoms with Gasteiger partial charge in [-0.1, -0.05) is 30.3 Å². The van der Waals surface area contributed by atoms with E-state index in [0.29, 0.717) is 6.42 Å². The highest BCUT2D eigenvalue weighted by Gasteiger charge is 2.37. The smallest absolute Gasteiger partial charge is 0.357 e. The van der Waals surface area contributed by atoms with Gasteiger partial charge in [0, 0.05) is 32.2 Å². The Hall–Kier alpha value is -3.54. The van der Waals surface area contributed by atoms with Gasteiger partial charge in [-0.2, -0.15) is 18.4 Å². The molecule has 1 unspecified atom stereocenters. The monoisotopic (exact) mass is 444 g/mol. The summed E-state index contributed by atoms with van der Waals surface area (Å²) < 4.78 is 40.2. The highest BCUT2D eigenvalue weighted by atomic mass is 19.4. The summed E-state index contributed by atoms with van der Waals surface area (Å²) in [6.45, 7) is 0.537. The van der Waals surface area contributed by atoms with Crippen molar-refractivity contribution in [1.29, 1.82) is 5.26 Å². The Labute approximate surface area is 184 Å². The van der Waals surface area contributed by atoms with Gasteiger partial charge in [-0.15, -0.1) is 0 Å². The van der Waals surface area contributed by atoms with E-state index < -0.39 is 29.3 Å². The molecule has 0 spiro atoms. The highest BCUT2D eigenvalue weighted by Crippen LogP contribution is 2.35. The summed E-state index contributed by atoms with van der Waals surface area (Å²) >= 11 is 0. The van der Waals surface area contributed by atoms with E-state index in [1.165, 1.54) is 13.1 Å². The number of likely N-dealkylation sites (N-methyl/N-ethyl adjacent to an activating group) is 1. The molecule has 0 aromatic heterocycles. The van der Waals surface area contributed by atoms with Crippen LogP contribution in [0.2, 0.25) is 0 Å². The molecule has 168 valence electrons. The predicted octanol–water partition coefficient (Wildman–Crippen LogP) is 2.97. The Morgan fingerprint density at radius 3 is 2.50 bits per heavy atom. The van der Waals surface area contributed by atoms with Gasteiger partial charge in [0.2, 0.25) is 11.8 Å². The Balaban J connectivity index is 1.79. The zero-order chi connectivity index (χ0) is 23.3. The minimum absolute atomic E-state index is 0.0641. The molecule has 9 heteroatoms. The summed E-state index contributed by atoms with van der Waals surface area (Å²) in [5.41, 5.74) is -0.317. The molecule has 32 heavy (non-hydrogen) atoms. The third-order valence-corrected chi connectivity index (χ3v) is 5.51. The molecule has 6 nitrogen and oxygen atoms in total. The third kappa shape index (κ3) is 5.19. The number of carbonyl (C=O) groups is 2. The lowest BCUT2D eigenvalue weighted by atomic mass is 10.0. The number of rotatable bonds is 5. The molecule has 0 bridgehead atoms. The number of benzene rings is 2. The second-order valence-corrected chi connectivity index (χ2v) is 7.49. The first-order valence-corrected chi connectivity index (χ1v) is 10.2. The van der Waals surface area contributed by atoms with Crippen molar-refractivity contribution < 1.29 is 22.8 Å². The SMILES string of the molecule is CNC(=O)C1CN(C(=O)CCc2ccccc2)CCN1c1ccc(C#N)c(C(F)(F)F)c1. The van der Waals surface area contributed by atoms with E-state index in [1.54, 1.807) is 15.9 Å². The van der Waals surface area contributed by atoms with E-state index in [-0.39, 0.29) is 37.6 Å². The van der Waals surface area contributed by atoms with E-state index in [2.05, 4.69) is 5.32 Å². The van der Waals surface area contributed by atoms with Crippen LogP contribution in [0.25, 0.3) is 0 Å². The molecule has 0 radical (unpaired) electrons. The molecule has 1 aliphatic rings. The third-order valence-electron chi connectivity index (χ3n) is 5.51. The number of halogens is 3. The minimum atomic E-state index is -4.70. The molecule has 1 heterocycles. The van der Waals surface area contributed by atoms with Gasteiger partial charge in [0.15, 0.2) is 0 Å². The van der Waals surface area contributed by atoms with Gasteiger partial charge in [-0.05, 0) is 30.2 Å². The lowest BCUT2D eigenvalue weighted by molar-refractivity contribution is -0.137. The first kappa shape index (κ1) is 23.1. The summed E-state index contributed by atoms with van der Waals surface area (Å²) in [4.78, 5) is 28.4. The van der Waals surface area contributed by atoms with Crippen LogP contribution in [-0.2, 0) is 22.2 Å². The first-order valence-electron chi connectivity index (χ1n) is 10.2. The van der Waals surface area contributed by atoms with Crippen LogP contribution in [0.1, 0.15) is 23.1 Å². The van der Waals surface area contributed by atoms with E-state index in [0.717, 1.165) is 17.7 Å². The largest absolute Gasteiger partial charge is 0.417 e. The van der Waals surface area contributed by atoms with E-state index in [4.69, 9.17) is 5.26 Å². The van der Waals surface area contributed by atoms with Gasteiger partial charge in [-0.3, -0.25) is 9.59 Å². The van der Waals surface area contributed by atoms with Crippen LogP contribution < -0.4 is 10.2 Å². The van der Waals surface area contributed by atoms with Crippen molar-refractivity contribution in [3.63, 3.8) is 0 Å². The number of aryl methyl sites for hydroxylation is 1. The van der Waals surface area contributed by atoms with Gasteiger partial charge < -0.3 is 15.1 Å². The Morgan fingerprint density at radius 1 is 1.16 bits per heavy atom. The fourth-order valence-electron chi connectivity index (χ4n) is 3.81. The summed E-state index contributed by atoms with van der Waals surface area (Å²) in [5, 5.41) is 11.5. The predicted molar refractivity (Wildman–Crippen MR) is 113 cm³/mol. The zero-order valence-electron chi connectivity index (χ0n) is 17.5. The van der Waals surface area contributed by atoms with Gasteiger partial charge in [0.05, 0.1) is 23.7 Å². The highest BCUT2D eigenvalue weighted by molar-refractivity contribution is 5.87. The van der Waals surface area contributed by atoms with Crippen molar-refractivity contribution in [3.8, 4) is 6.07 Å². The van der Waals surface area contributed by atoms with Crippen LogP contribution in [0.3, 0.4) is 0 Å². The second-order valence-electron chi connectivity index (χ2n) is 7.49. The number of nitrogens with one attached hydrogen (secondary N) is 1. The zero-order valence-corrected chi connectivity index (χ0v) is 17.5. The minimum Gasteiger partial charge on any atom is -0.357 e. The number of nitriles is 1. The number of alkyl halides is 3. The number of anilines is 1. The van der Waals surface area contributed by atoms with Crippen LogP contribution in [0.5, 0.6) is 0 Å². The molecule has 1 atom stereocenters. The van der Waals surface area contributed by atoms with E-state index in [1.807, 2.05) is 30.3 Å². The number of nitrogens with zero attached hydrogens (tertiary/aromatic N) is 3. The molecule has 1 N–H and O–H groups in total. The van der Waals surface area contributed by atoms with Crippen LogP contribution >= 0.6 is 0 Å². The van der Waals surface area contributed by atoms with Crippen molar-refractivity contribution in [1.82, 2.24) is 10.2 Å². The van der Waals surface area contributed by atoms with Crippen LogP contribution in [0, 0.1) is 11.3 Å². The molecule has 2 aromatic rings. The van der Waals surface area contributed by atoms with Crippen molar-refractivity contribution in [2.45, 2.75) is 25.1 Å². The maximum Gasteiger partial charge on any atom is 0.417 e. The van der Waals surface area contributed by atoms with Crippen molar-refractivity contribution in [2.24, 2.45) is 0 Å². The van der Waals surface area contributed by atoms with E-state index >= 15 is 0 Å². The molecular weight excluding hydrogens is 421 g/mol. The van der Waals surface area contributed by atoms with Crippen molar-refractivity contribution in [3.05, 3.63) is 65.2 Å². The normalized spacial score (nSPS) is 16.4. The number of amides is 2. The molecule has 3 rings (SSSR count). The summed E-state index contributed by atoms with van der Waals surface area (Å²) in [6, 6.07) is 13.7. The molecule has 2 aromatic carbocycles. The second kappa shape index (κ2) is 9.73. The molecule has 2 amide bonds. The topological polar surface area (TPSA) is 76.4 Å². The van der Waals surface area contributed by atoms with E-state index in [9.17, 15) is 22.8 Å². The Bertz CT molecular complexity index is 1020. The first-order chi connectivity index (χ1) is 15.2. The number of carbonyl (C=O) groups excluding carboxylic acids is 2. The maximum absolute atomic E-state index is 13.4. The summed E-state index contributed by atoms with van der Waals surface area (Å²) in [7, 11) is 1.44. The molecule has 1 aliphatic heterocycles. The fourth-order valence-corrected chi connectivity index (χ4v) is 3.81. The summed E-state index contributed by atoms with van der Waals surface area (Å²) in [5.74, 6) is -0.512. The van der Waals surface area contributed by atoms with Crippen LogP contribution in [0.4, 0.5) is 18.9 Å². The fraction of sp³-hybridized carbons (Fsp3) is 0.348. The van der Waals surface area contributed by atoms with Crippen molar-refractivity contribution >= 4 is 17.5 Å². The lowest BCUT2D eigenvalue weighted by Gasteiger charge is -2.42. The average molecular weight is 444 g/mol. The molecule has 1 fully saturated rings. The quantitative estimate of drug-likeness (QED) is 0.770. The number of hydrogen-bond donors (Lipinski definition) is 1. The standard InChI is InChI=1S/C23H23F3N4O2/c1-28-22(32)20-15-29(21(31)10-7-16-5-3-2-4-6-16)11-12-30(20)18-9-8-17(14-27)19(13-18)23(24,25)26/h2-6,8-9,13,20H,7,10-12,15H2,1H3,(H,28,32). The Morgan fingerprint density at radius 2 is 1.88 bits per heavy atom. The summed E-state index contributed by atoms with van der Waals surface area (Å²) in [6.07, 6.45) is -3.85. The molecule has 1 saturated heterocycles. The lowest BCUT2D eigenvalue weighted by Crippen LogP contribution is -2.60. The number of hydrogen-bond acceptors (Lipinski definition) is 4. The van der Waals surface area contributed by atoms with Crippen molar-refractivity contribution in [2.75, 3.05) is 31.6 Å². The molecule has 0 aliphatic carbocycles. The number of piperazine rings is 1. The van der Waals surface area contributed by atoms with Crippen LogP contribution in [0.15, 0.2) is 48.5 Å². The molecule has 0 saturated carbocycles.